The first kappa shape index (κ1) is 11.3. The largest absolute Gasteiger partial charge is 0.481 e. The van der Waals surface area contributed by atoms with E-state index < -0.39 is 24.9 Å². The topological polar surface area (TPSA) is 62.2 Å². The van der Waals surface area contributed by atoms with Gasteiger partial charge in [-0.3, -0.25) is 4.79 Å². The quantitative estimate of drug-likeness (QED) is 0.854. The van der Waals surface area contributed by atoms with E-state index in [1.807, 2.05) is 0 Å². The highest BCUT2D eigenvalue weighted by atomic mass is 32.1. The maximum absolute atomic E-state index is 11.9. The number of hydrogen-bond donors (Lipinski definition) is 2. The standard InChI is InChI=1S/C9H10F2N2O2S/c10-6(11)3-12-9-13-7-4(8(14)15)1-2-5(7)16-9/h4,6H,1-3H2,(H,12,13)(H,14,15). The molecule has 7 heteroatoms. The van der Waals surface area contributed by atoms with Gasteiger partial charge >= 0.3 is 5.97 Å². The van der Waals surface area contributed by atoms with E-state index in [1.54, 1.807) is 0 Å². The SMILES string of the molecule is O=C(O)C1CCc2sc(NCC(F)F)nc21. The molecule has 1 unspecified atom stereocenters. The van der Waals surface area contributed by atoms with Crippen molar-refractivity contribution in [3.8, 4) is 0 Å². The summed E-state index contributed by atoms with van der Waals surface area (Å²) in [5.74, 6) is -1.47. The first-order valence-electron chi connectivity index (χ1n) is 4.82. The number of carboxylic acid groups (broad SMARTS) is 1. The van der Waals surface area contributed by atoms with Crippen LogP contribution in [0.2, 0.25) is 0 Å². The Labute approximate surface area is 94.3 Å². The minimum Gasteiger partial charge on any atom is -0.481 e. The summed E-state index contributed by atoms with van der Waals surface area (Å²) < 4.78 is 23.9. The second kappa shape index (κ2) is 4.32. The Hall–Kier alpha value is -1.24. The first-order chi connectivity index (χ1) is 7.58. The summed E-state index contributed by atoms with van der Waals surface area (Å²) in [6, 6.07) is 0. The number of nitrogens with zero attached hydrogens (tertiary/aromatic N) is 1. The molecule has 16 heavy (non-hydrogen) atoms. The van der Waals surface area contributed by atoms with Gasteiger partial charge in [-0.25, -0.2) is 13.8 Å². The highest BCUT2D eigenvalue weighted by Gasteiger charge is 2.32. The van der Waals surface area contributed by atoms with Crippen LogP contribution in [0.1, 0.15) is 22.9 Å². The van der Waals surface area contributed by atoms with E-state index in [0.29, 0.717) is 23.7 Å². The van der Waals surface area contributed by atoms with Crippen molar-refractivity contribution >= 4 is 22.4 Å². The van der Waals surface area contributed by atoms with Crippen molar-refractivity contribution in [1.29, 1.82) is 0 Å². The number of carbonyl (C=O) groups is 1. The summed E-state index contributed by atoms with van der Waals surface area (Å²) in [6.07, 6.45) is -1.21. The highest BCUT2D eigenvalue weighted by molar-refractivity contribution is 7.15. The second-order valence-electron chi connectivity index (χ2n) is 3.53. The number of aryl methyl sites for hydroxylation is 1. The van der Waals surface area contributed by atoms with E-state index in [4.69, 9.17) is 5.11 Å². The molecule has 1 aromatic rings. The van der Waals surface area contributed by atoms with E-state index in [-0.39, 0.29) is 0 Å². The highest BCUT2D eigenvalue weighted by Crippen LogP contribution is 2.38. The third kappa shape index (κ3) is 2.13. The van der Waals surface area contributed by atoms with Crippen LogP contribution < -0.4 is 5.32 Å². The average molecular weight is 248 g/mol. The van der Waals surface area contributed by atoms with E-state index in [1.165, 1.54) is 11.3 Å². The average Bonchev–Trinajstić information content (AvgIpc) is 2.71. The molecule has 1 aliphatic rings. The van der Waals surface area contributed by atoms with Crippen molar-refractivity contribution in [2.45, 2.75) is 25.2 Å². The maximum Gasteiger partial charge on any atom is 0.312 e. The zero-order valence-corrected chi connectivity index (χ0v) is 9.06. The van der Waals surface area contributed by atoms with Gasteiger partial charge < -0.3 is 10.4 Å². The van der Waals surface area contributed by atoms with E-state index in [9.17, 15) is 13.6 Å². The van der Waals surface area contributed by atoms with Crippen LogP contribution in [0.3, 0.4) is 0 Å². The molecule has 4 nitrogen and oxygen atoms in total. The number of anilines is 1. The fourth-order valence-corrected chi connectivity index (χ4v) is 2.75. The molecule has 0 spiro atoms. The summed E-state index contributed by atoms with van der Waals surface area (Å²) in [4.78, 5) is 15.8. The van der Waals surface area contributed by atoms with Crippen molar-refractivity contribution in [2.75, 3.05) is 11.9 Å². The van der Waals surface area contributed by atoms with Gasteiger partial charge in [0.15, 0.2) is 5.13 Å². The molecule has 2 N–H and O–H groups in total. The van der Waals surface area contributed by atoms with Gasteiger partial charge in [0.05, 0.1) is 12.2 Å². The number of aliphatic carboxylic acids is 1. The summed E-state index contributed by atoms with van der Waals surface area (Å²) >= 11 is 1.27. The number of fused-ring (bicyclic) bond motifs is 1. The molecule has 0 radical (unpaired) electrons. The summed E-state index contributed by atoms with van der Waals surface area (Å²) in [6.45, 7) is -0.454. The van der Waals surface area contributed by atoms with Crippen molar-refractivity contribution in [3.05, 3.63) is 10.6 Å². The van der Waals surface area contributed by atoms with Crippen molar-refractivity contribution in [1.82, 2.24) is 4.98 Å². The van der Waals surface area contributed by atoms with Gasteiger partial charge in [-0.2, -0.15) is 0 Å². The van der Waals surface area contributed by atoms with Crippen molar-refractivity contribution in [3.63, 3.8) is 0 Å². The zero-order chi connectivity index (χ0) is 11.7. The number of halogens is 2. The lowest BCUT2D eigenvalue weighted by Crippen LogP contribution is -2.11. The van der Waals surface area contributed by atoms with Crippen LogP contribution in [0.5, 0.6) is 0 Å². The van der Waals surface area contributed by atoms with Gasteiger partial charge in [0.1, 0.15) is 5.92 Å². The smallest absolute Gasteiger partial charge is 0.312 e. The molecule has 1 atom stereocenters. The lowest BCUT2D eigenvalue weighted by Gasteiger charge is -2.02. The number of aromatic nitrogens is 1. The molecule has 0 fully saturated rings. The minimum absolute atomic E-state index is 0.385. The maximum atomic E-state index is 11.9. The molecule has 0 bridgehead atoms. The first-order valence-corrected chi connectivity index (χ1v) is 5.64. The van der Waals surface area contributed by atoms with Crippen LogP contribution in [0.4, 0.5) is 13.9 Å². The van der Waals surface area contributed by atoms with Gasteiger partial charge in [0, 0.05) is 4.88 Å². The number of rotatable bonds is 4. The van der Waals surface area contributed by atoms with Crippen LogP contribution in [0.25, 0.3) is 0 Å². The molecule has 1 heterocycles. The van der Waals surface area contributed by atoms with Crippen LogP contribution in [0.15, 0.2) is 0 Å². The number of nitrogens with one attached hydrogen (secondary N) is 1. The molecular formula is C9H10F2N2O2S. The Morgan fingerprint density at radius 2 is 2.44 bits per heavy atom. The van der Waals surface area contributed by atoms with Crippen LogP contribution in [0, 0.1) is 0 Å². The molecule has 1 aromatic heterocycles. The Morgan fingerprint density at radius 1 is 1.69 bits per heavy atom. The molecule has 0 saturated heterocycles. The third-order valence-corrected chi connectivity index (χ3v) is 3.51. The molecule has 0 aromatic carbocycles. The number of thiazole rings is 1. The lowest BCUT2D eigenvalue weighted by molar-refractivity contribution is -0.138. The van der Waals surface area contributed by atoms with Gasteiger partial charge in [-0.1, -0.05) is 0 Å². The summed E-state index contributed by atoms with van der Waals surface area (Å²) in [5.41, 5.74) is 0.536. The second-order valence-corrected chi connectivity index (χ2v) is 4.61. The lowest BCUT2D eigenvalue weighted by atomic mass is 10.1. The monoisotopic (exact) mass is 248 g/mol. The van der Waals surface area contributed by atoms with Gasteiger partial charge in [0.2, 0.25) is 0 Å². The number of alkyl halides is 2. The van der Waals surface area contributed by atoms with E-state index >= 15 is 0 Å². The van der Waals surface area contributed by atoms with Crippen molar-refractivity contribution in [2.24, 2.45) is 0 Å². The molecule has 2 rings (SSSR count). The fourth-order valence-electron chi connectivity index (χ4n) is 1.71. The van der Waals surface area contributed by atoms with Gasteiger partial charge in [-0.05, 0) is 12.8 Å². The Morgan fingerprint density at radius 3 is 3.06 bits per heavy atom. The minimum atomic E-state index is -2.44. The summed E-state index contributed by atoms with van der Waals surface area (Å²) in [7, 11) is 0. The van der Waals surface area contributed by atoms with Crippen LogP contribution in [-0.4, -0.2) is 29.0 Å². The van der Waals surface area contributed by atoms with Crippen LogP contribution >= 0.6 is 11.3 Å². The molecule has 0 aliphatic heterocycles. The predicted octanol–water partition coefficient (Wildman–Crippen LogP) is 1.93. The van der Waals surface area contributed by atoms with Crippen LogP contribution in [-0.2, 0) is 11.2 Å². The van der Waals surface area contributed by atoms with Gasteiger partial charge in [0.25, 0.3) is 6.43 Å². The summed E-state index contributed by atoms with van der Waals surface area (Å²) in [5, 5.41) is 11.8. The molecule has 88 valence electrons. The molecule has 0 saturated carbocycles. The third-order valence-electron chi connectivity index (χ3n) is 2.42. The number of hydrogen-bond acceptors (Lipinski definition) is 4. The Kier molecular flexibility index (Phi) is 3.04. The fraction of sp³-hybridized carbons (Fsp3) is 0.556. The molecular weight excluding hydrogens is 238 g/mol. The Bertz CT molecular complexity index is 408. The Balaban J connectivity index is 2.10. The normalized spacial score (nSPS) is 18.8. The zero-order valence-electron chi connectivity index (χ0n) is 8.24. The van der Waals surface area contributed by atoms with E-state index in [2.05, 4.69) is 10.3 Å². The predicted molar refractivity (Wildman–Crippen MR) is 55.3 cm³/mol. The van der Waals surface area contributed by atoms with Gasteiger partial charge in [-0.15, -0.1) is 11.3 Å². The van der Waals surface area contributed by atoms with E-state index in [0.717, 1.165) is 4.88 Å². The van der Waals surface area contributed by atoms with Crippen molar-refractivity contribution < 1.29 is 18.7 Å². The molecule has 1 aliphatic carbocycles. The molecule has 0 amide bonds. The number of carboxylic acids is 1.